The number of hydrogen-bond donors (Lipinski definition) is 1. The second kappa shape index (κ2) is 7.04. The molecule has 126 valence electrons. The number of fused-ring (bicyclic) bond motifs is 1. The highest BCUT2D eigenvalue weighted by Gasteiger charge is 2.42. The molecule has 1 saturated heterocycles. The van der Waals surface area contributed by atoms with Gasteiger partial charge in [-0.1, -0.05) is 42.5 Å². The van der Waals surface area contributed by atoms with Gasteiger partial charge in [0, 0.05) is 12.8 Å². The third kappa shape index (κ3) is 3.42. The Morgan fingerprint density at radius 2 is 1.96 bits per heavy atom. The van der Waals surface area contributed by atoms with Crippen LogP contribution in [-0.2, 0) is 20.7 Å². The van der Waals surface area contributed by atoms with Crippen LogP contribution in [0.15, 0.2) is 42.5 Å². The standard InChI is InChI=1S/C20H23NO3/c1-2-24-19(23)20(12-6-5-9-18(22)21-20)14-15-10-11-16-7-3-4-8-17(16)13-15/h3-4,7-8,10-11,13H,2,5-6,9,12,14H2,1H3,(H,21,22). The highest BCUT2D eigenvalue weighted by molar-refractivity contribution is 5.89. The zero-order chi connectivity index (χ0) is 17.0. The van der Waals surface area contributed by atoms with Gasteiger partial charge in [-0.3, -0.25) is 4.79 Å². The smallest absolute Gasteiger partial charge is 0.332 e. The number of nitrogens with one attached hydrogen (secondary N) is 1. The molecule has 1 aliphatic heterocycles. The van der Waals surface area contributed by atoms with Gasteiger partial charge in [-0.15, -0.1) is 0 Å². The Labute approximate surface area is 142 Å². The summed E-state index contributed by atoms with van der Waals surface area (Å²) in [6, 6.07) is 14.3. The van der Waals surface area contributed by atoms with Crippen molar-refractivity contribution < 1.29 is 14.3 Å². The van der Waals surface area contributed by atoms with E-state index in [9.17, 15) is 9.59 Å². The molecule has 1 fully saturated rings. The van der Waals surface area contributed by atoms with Crippen molar-refractivity contribution >= 4 is 22.6 Å². The van der Waals surface area contributed by atoms with Crippen LogP contribution in [0.25, 0.3) is 10.8 Å². The Morgan fingerprint density at radius 1 is 1.17 bits per heavy atom. The predicted molar refractivity (Wildman–Crippen MR) is 93.6 cm³/mol. The number of carbonyl (C=O) groups excluding carboxylic acids is 2. The summed E-state index contributed by atoms with van der Waals surface area (Å²) in [5, 5.41) is 5.26. The minimum absolute atomic E-state index is 0.0682. The molecule has 1 aliphatic rings. The molecule has 3 rings (SSSR count). The molecule has 1 unspecified atom stereocenters. The molecule has 0 aromatic heterocycles. The summed E-state index contributed by atoms with van der Waals surface area (Å²) in [7, 11) is 0. The monoisotopic (exact) mass is 325 g/mol. The van der Waals surface area contributed by atoms with E-state index in [1.165, 1.54) is 0 Å². The molecule has 4 nitrogen and oxygen atoms in total. The molecular formula is C20H23NO3. The van der Waals surface area contributed by atoms with E-state index in [1.54, 1.807) is 6.92 Å². The number of rotatable bonds is 4. The molecule has 0 spiro atoms. The van der Waals surface area contributed by atoms with Gasteiger partial charge in [0.2, 0.25) is 5.91 Å². The predicted octanol–water partition coefficient (Wildman–Crippen LogP) is 3.37. The molecule has 1 heterocycles. The summed E-state index contributed by atoms with van der Waals surface area (Å²) in [6.07, 6.45) is 3.20. The molecule has 24 heavy (non-hydrogen) atoms. The first-order valence-corrected chi connectivity index (χ1v) is 8.59. The van der Waals surface area contributed by atoms with E-state index < -0.39 is 5.54 Å². The summed E-state index contributed by atoms with van der Waals surface area (Å²) in [6.45, 7) is 2.11. The lowest BCUT2D eigenvalue weighted by atomic mass is 9.86. The minimum atomic E-state index is -0.952. The summed E-state index contributed by atoms with van der Waals surface area (Å²) in [5.41, 5.74) is 0.0791. The van der Waals surface area contributed by atoms with Gasteiger partial charge in [-0.2, -0.15) is 0 Å². The molecule has 2 aromatic rings. The van der Waals surface area contributed by atoms with Gasteiger partial charge in [0.05, 0.1) is 6.61 Å². The van der Waals surface area contributed by atoms with Crippen LogP contribution in [0.1, 0.15) is 38.2 Å². The van der Waals surface area contributed by atoms with Crippen molar-refractivity contribution in [1.82, 2.24) is 5.32 Å². The average Bonchev–Trinajstić information content (AvgIpc) is 2.77. The minimum Gasteiger partial charge on any atom is -0.464 e. The van der Waals surface area contributed by atoms with Gasteiger partial charge in [0.25, 0.3) is 0 Å². The Balaban J connectivity index is 1.94. The summed E-state index contributed by atoms with van der Waals surface area (Å²) >= 11 is 0. The van der Waals surface area contributed by atoms with E-state index >= 15 is 0 Å². The highest BCUT2D eigenvalue weighted by atomic mass is 16.5. The maximum absolute atomic E-state index is 12.6. The second-order valence-corrected chi connectivity index (χ2v) is 6.42. The van der Waals surface area contributed by atoms with Gasteiger partial charge >= 0.3 is 5.97 Å². The van der Waals surface area contributed by atoms with E-state index in [4.69, 9.17) is 4.74 Å². The van der Waals surface area contributed by atoms with E-state index in [0.717, 1.165) is 29.2 Å². The highest BCUT2D eigenvalue weighted by Crippen LogP contribution is 2.27. The lowest BCUT2D eigenvalue weighted by Gasteiger charge is -2.31. The number of esters is 1. The number of amides is 1. The number of ether oxygens (including phenoxy) is 1. The lowest BCUT2D eigenvalue weighted by Crippen LogP contribution is -2.56. The van der Waals surface area contributed by atoms with Crippen molar-refractivity contribution in [2.45, 2.75) is 44.6 Å². The fourth-order valence-corrected chi connectivity index (χ4v) is 3.43. The van der Waals surface area contributed by atoms with Crippen LogP contribution in [0.2, 0.25) is 0 Å². The largest absolute Gasteiger partial charge is 0.464 e. The van der Waals surface area contributed by atoms with E-state index in [1.807, 2.05) is 18.2 Å². The Kier molecular flexibility index (Phi) is 4.84. The Bertz CT molecular complexity index is 755. The quantitative estimate of drug-likeness (QED) is 0.877. The molecule has 1 atom stereocenters. The SMILES string of the molecule is CCOC(=O)C1(Cc2ccc3ccccc3c2)CCCCC(=O)N1. The van der Waals surface area contributed by atoms with Crippen LogP contribution in [0.3, 0.4) is 0 Å². The molecule has 0 aliphatic carbocycles. The van der Waals surface area contributed by atoms with Crippen LogP contribution < -0.4 is 5.32 Å². The summed E-state index contributed by atoms with van der Waals surface area (Å²) in [4.78, 5) is 24.7. The van der Waals surface area contributed by atoms with Crippen LogP contribution >= 0.6 is 0 Å². The molecule has 4 heteroatoms. The first-order chi connectivity index (χ1) is 11.6. The van der Waals surface area contributed by atoms with Gasteiger partial charge in [0.1, 0.15) is 5.54 Å². The fraction of sp³-hybridized carbons (Fsp3) is 0.400. The molecule has 0 bridgehead atoms. The van der Waals surface area contributed by atoms with E-state index in [-0.39, 0.29) is 11.9 Å². The normalized spacial score (nSPS) is 21.1. The molecule has 1 amide bonds. The lowest BCUT2D eigenvalue weighted by molar-refractivity contribution is -0.153. The maximum atomic E-state index is 12.6. The second-order valence-electron chi connectivity index (χ2n) is 6.42. The summed E-state index contributed by atoms with van der Waals surface area (Å²) < 4.78 is 5.29. The molecular weight excluding hydrogens is 302 g/mol. The zero-order valence-corrected chi connectivity index (χ0v) is 14.0. The first kappa shape index (κ1) is 16.5. The van der Waals surface area contributed by atoms with Crippen LogP contribution in [-0.4, -0.2) is 24.0 Å². The topological polar surface area (TPSA) is 55.4 Å². The zero-order valence-electron chi connectivity index (χ0n) is 14.0. The first-order valence-electron chi connectivity index (χ1n) is 8.59. The van der Waals surface area contributed by atoms with Gasteiger partial charge in [-0.25, -0.2) is 4.79 Å². The third-order valence-corrected chi connectivity index (χ3v) is 4.62. The third-order valence-electron chi connectivity index (χ3n) is 4.62. The van der Waals surface area contributed by atoms with Crippen molar-refractivity contribution in [3.8, 4) is 0 Å². The van der Waals surface area contributed by atoms with Crippen molar-refractivity contribution in [3.05, 3.63) is 48.0 Å². The fourth-order valence-electron chi connectivity index (χ4n) is 3.43. The summed E-state index contributed by atoms with van der Waals surface area (Å²) in [5.74, 6) is -0.394. The van der Waals surface area contributed by atoms with Crippen molar-refractivity contribution in [2.24, 2.45) is 0 Å². The molecule has 2 aromatic carbocycles. The van der Waals surface area contributed by atoms with Gasteiger partial charge in [-0.05, 0) is 42.5 Å². The van der Waals surface area contributed by atoms with Gasteiger partial charge in [0.15, 0.2) is 0 Å². The number of carbonyl (C=O) groups is 2. The van der Waals surface area contributed by atoms with E-state index in [0.29, 0.717) is 25.9 Å². The Hall–Kier alpha value is -2.36. The van der Waals surface area contributed by atoms with Crippen LogP contribution in [0.4, 0.5) is 0 Å². The molecule has 0 saturated carbocycles. The Morgan fingerprint density at radius 3 is 2.75 bits per heavy atom. The molecule has 1 N–H and O–H groups in total. The average molecular weight is 325 g/mol. The van der Waals surface area contributed by atoms with Crippen molar-refractivity contribution in [1.29, 1.82) is 0 Å². The van der Waals surface area contributed by atoms with Crippen LogP contribution in [0.5, 0.6) is 0 Å². The van der Waals surface area contributed by atoms with Crippen molar-refractivity contribution in [3.63, 3.8) is 0 Å². The van der Waals surface area contributed by atoms with Crippen molar-refractivity contribution in [2.75, 3.05) is 6.61 Å². The maximum Gasteiger partial charge on any atom is 0.332 e. The number of hydrogen-bond acceptors (Lipinski definition) is 3. The molecule has 0 radical (unpaired) electrons. The van der Waals surface area contributed by atoms with Gasteiger partial charge < -0.3 is 10.1 Å². The van der Waals surface area contributed by atoms with Crippen LogP contribution in [0, 0.1) is 0 Å². The van der Waals surface area contributed by atoms with E-state index in [2.05, 4.69) is 29.6 Å². The number of benzene rings is 2.